The highest BCUT2D eigenvalue weighted by molar-refractivity contribution is 4.94. The Morgan fingerprint density at radius 2 is 1.31 bits per heavy atom. The Morgan fingerprint density at radius 1 is 0.769 bits per heavy atom. The second-order valence-electron chi connectivity index (χ2n) is 6.02. The molecule has 2 heterocycles. The Labute approximate surface area is 149 Å². The lowest BCUT2D eigenvalue weighted by atomic mass is 9.97. The summed E-state index contributed by atoms with van der Waals surface area (Å²) in [5.74, 6) is 2.18. The Kier molecular flexibility index (Phi) is 7.71. The molecule has 0 amide bonds. The fourth-order valence-corrected chi connectivity index (χ4v) is 2.80. The van der Waals surface area contributed by atoms with Gasteiger partial charge in [-0.2, -0.15) is 0 Å². The van der Waals surface area contributed by atoms with E-state index in [2.05, 4.69) is 5.92 Å². The van der Waals surface area contributed by atoms with Crippen LogP contribution >= 0.6 is 0 Å². The summed E-state index contributed by atoms with van der Waals surface area (Å²) in [5, 5.41) is 68.3. The molecule has 0 unspecified atom stereocenters. The van der Waals surface area contributed by atoms with E-state index in [9.17, 15) is 35.7 Å². The molecule has 11 nitrogen and oxygen atoms in total. The molecule has 2 rings (SSSR count). The molecule has 2 aliphatic rings. The lowest BCUT2D eigenvalue weighted by Gasteiger charge is -2.45. The Morgan fingerprint density at radius 3 is 1.85 bits per heavy atom. The molecular weight excluding hydrogens is 356 g/mol. The molecule has 0 aliphatic carbocycles. The lowest BCUT2D eigenvalue weighted by Crippen LogP contribution is -2.64. The van der Waals surface area contributed by atoms with E-state index in [1.54, 1.807) is 0 Å². The van der Waals surface area contributed by atoms with Gasteiger partial charge in [-0.25, -0.2) is 0 Å². The number of hydrogen-bond acceptors (Lipinski definition) is 11. The SMILES string of the molecule is C#CCO[C@H]1O[C@H](CO)[C@@H](O)[C@H](O)[C@@H]1O[C@H]1O[C@H](CO)[C@@H](O)[C@H](O)[C@@H]1O. The summed E-state index contributed by atoms with van der Waals surface area (Å²) in [6.45, 7) is -1.51. The molecule has 0 bridgehead atoms. The van der Waals surface area contributed by atoms with E-state index in [4.69, 9.17) is 25.4 Å². The highest BCUT2D eigenvalue weighted by atomic mass is 16.8. The van der Waals surface area contributed by atoms with Crippen molar-refractivity contribution < 1.29 is 54.7 Å². The number of hydrogen-bond donors (Lipinski definition) is 7. The van der Waals surface area contributed by atoms with E-state index in [-0.39, 0.29) is 6.61 Å². The van der Waals surface area contributed by atoms with E-state index in [1.807, 2.05) is 0 Å². The summed E-state index contributed by atoms with van der Waals surface area (Å²) >= 11 is 0. The van der Waals surface area contributed by atoms with Crippen LogP contribution in [0.3, 0.4) is 0 Å². The minimum absolute atomic E-state index is 0.236. The topological polar surface area (TPSA) is 179 Å². The summed E-state index contributed by atoms with van der Waals surface area (Å²) in [7, 11) is 0. The highest BCUT2D eigenvalue weighted by Gasteiger charge is 2.50. The molecule has 0 aromatic heterocycles. The molecule has 0 aromatic rings. The largest absolute Gasteiger partial charge is 0.394 e. The fourth-order valence-electron chi connectivity index (χ4n) is 2.80. The van der Waals surface area contributed by atoms with Gasteiger partial charge in [0.15, 0.2) is 12.6 Å². The Hall–Kier alpha value is -0.880. The molecule has 2 aliphatic heterocycles. The first-order valence-corrected chi connectivity index (χ1v) is 7.99. The second kappa shape index (κ2) is 9.36. The van der Waals surface area contributed by atoms with Gasteiger partial charge in [-0.3, -0.25) is 0 Å². The first-order valence-electron chi connectivity index (χ1n) is 7.99. The normalized spacial score (nSPS) is 46.7. The summed E-state index contributed by atoms with van der Waals surface area (Å²) in [4.78, 5) is 0. The van der Waals surface area contributed by atoms with Gasteiger partial charge in [-0.1, -0.05) is 5.92 Å². The van der Waals surface area contributed by atoms with Crippen molar-refractivity contribution in [2.45, 2.75) is 61.4 Å². The third-order valence-corrected chi connectivity index (χ3v) is 4.30. The van der Waals surface area contributed by atoms with Crippen molar-refractivity contribution in [1.82, 2.24) is 0 Å². The van der Waals surface area contributed by atoms with Gasteiger partial charge >= 0.3 is 0 Å². The third kappa shape index (κ3) is 4.33. The third-order valence-electron chi connectivity index (χ3n) is 4.30. The molecular formula is C15H24O11. The maximum absolute atomic E-state index is 10.3. The second-order valence-corrected chi connectivity index (χ2v) is 6.02. The van der Waals surface area contributed by atoms with Crippen LogP contribution in [0.2, 0.25) is 0 Å². The van der Waals surface area contributed by atoms with Gasteiger partial charge in [0.05, 0.1) is 13.2 Å². The summed E-state index contributed by atoms with van der Waals surface area (Å²) in [6, 6.07) is 0. The highest BCUT2D eigenvalue weighted by Crippen LogP contribution is 2.29. The average Bonchev–Trinajstić information content (AvgIpc) is 2.64. The Bertz CT molecular complexity index is 481. The van der Waals surface area contributed by atoms with Crippen LogP contribution in [-0.2, 0) is 18.9 Å². The van der Waals surface area contributed by atoms with Crippen LogP contribution in [0.15, 0.2) is 0 Å². The molecule has 150 valence electrons. The van der Waals surface area contributed by atoms with Crippen molar-refractivity contribution in [3.8, 4) is 12.3 Å². The van der Waals surface area contributed by atoms with Crippen molar-refractivity contribution in [3.05, 3.63) is 0 Å². The number of ether oxygens (including phenoxy) is 4. The smallest absolute Gasteiger partial charge is 0.188 e. The first-order chi connectivity index (χ1) is 12.3. The molecule has 26 heavy (non-hydrogen) atoms. The van der Waals surface area contributed by atoms with Gasteiger partial charge in [-0.05, 0) is 0 Å². The van der Waals surface area contributed by atoms with Crippen LogP contribution in [0.25, 0.3) is 0 Å². The van der Waals surface area contributed by atoms with Gasteiger partial charge in [0.2, 0.25) is 0 Å². The minimum atomic E-state index is -1.72. The number of rotatable bonds is 6. The molecule has 0 saturated carbocycles. The summed E-state index contributed by atoms with van der Waals surface area (Å²) in [5.41, 5.74) is 0. The predicted octanol–water partition coefficient (Wildman–Crippen LogP) is -4.74. The molecule has 0 spiro atoms. The molecule has 2 saturated heterocycles. The maximum atomic E-state index is 10.3. The van der Waals surface area contributed by atoms with Crippen molar-refractivity contribution >= 4 is 0 Å². The maximum Gasteiger partial charge on any atom is 0.188 e. The molecule has 7 N–H and O–H groups in total. The van der Waals surface area contributed by atoms with Gasteiger partial charge in [0, 0.05) is 0 Å². The van der Waals surface area contributed by atoms with E-state index < -0.39 is 74.6 Å². The standard InChI is InChI=1S/C15H24O11/c1-2-3-23-15-13(11(21)9(19)7(5-17)25-15)26-14-12(22)10(20)8(18)6(4-16)24-14/h1,6-22H,3-5H2/t6-,7-,8-,9-,10+,11+,12+,13+,14-,15+/m1/s1. The first kappa shape index (κ1) is 21.4. The fraction of sp³-hybridized carbons (Fsp3) is 0.867. The minimum Gasteiger partial charge on any atom is -0.394 e. The van der Waals surface area contributed by atoms with Crippen LogP contribution < -0.4 is 0 Å². The molecule has 10 atom stereocenters. The van der Waals surface area contributed by atoms with Gasteiger partial charge in [0.25, 0.3) is 0 Å². The van der Waals surface area contributed by atoms with E-state index in [0.717, 1.165) is 0 Å². The number of terminal acetylenes is 1. The van der Waals surface area contributed by atoms with Gasteiger partial charge < -0.3 is 54.7 Å². The molecule has 0 radical (unpaired) electrons. The van der Waals surface area contributed by atoms with Crippen LogP contribution in [0.4, 0.5) is 0 Å². The van der Waals surface area contributed by atoms with E-state index >= 15 is 0 Å². The van der Waals surface area contributed by atoms with Crippen LogP contribution in [0.5, 0.6) is 0 Å². The van der Waals surface area contributed by atoms with Crippen molar-refractivity contribution in [3.63, 3.8) is 0 Å². The average molecular weight is 380 g/mol. The van der Waals surface area contributed by atoms with Crippen LogP contribution in [0, 0.1) is 12.3 Å². The van der Waals surface area contributed by atoms with Crippen LogP contribution in [0.1, 0.15) is 0 Å². The van der Waals surface area contributed by atoms with Gasteiger partial charge in [0.1, 0.15) is 55.4 Å². The van der Waals surface area contributed by atoms with E-state index in [0.29, 0.717) is 0 Å². The van der Waals surface area contributed by atoms with Crippen molar-refractivity contribution in [2.24, 2.45) is 0 Å². The quantitative estimate of drug-likeness (QED) is 0.220. The lowest BCUT2D eigenvalue weighted by molar-refractivity contribution is -0.366. The molecule has 0 aromatic carbocycles. The van der Waals surface area contributed by atoms with Crippen molar-refractivity contribution in [1.29, 1.82) is 0 Å². The Balaban J connectivity index is 2.16. The van der Waals surface area contributed by atoms with Gasteiger partial charge in [-0.15, -0.1) is 6.42 Å². The monoisotopic (exact) mass is 380 g/mol. The van der Waals surface area contributed by atoms with E-state index in [1.165, 1.54) is 0 Å². The number of aliphatic hydroxyl groups excluding tert-OH is 7. The zero-order valence-corrected chi connectivity index (χ0v) is 13.7. The summed E-state index contributed by atoms with van der Waals surface area (Å²) < 4.78 is 21.1. The zero-order chi connectivity index (χ0) is 19.4. The molecule has 2 fully saturated rings. The van der Waals surface area contributed by atoms with Crippen molar-refractivity contribution in [2.75, 3.05) is 19.8 Å². The predicted molar refractivity (Wildman–Crippen MR) is 81.2 cm³/mol. The molecule has 11 heteroatoms. The zero-order valence-electron chi connectivity index (χ0n) is 13.7. The summed E-state index contributed by atoms with van der Waals surface area (Å²) in [6.07, 6.45) is -9.74. The van der Waals surface area contributed by atoms with Crippen LogP contribution in [-0.4, -0.2) is 117 Å². The number of aliphatic hydroxyl groups is 7.